The van der Waals surface area contributed by atoms with Crippen LogP contribution in [0.2, 0.25) is 0 Å². The summed E-state index contributed by atoms with van der Waals surface area (Å²) in [5.74, 6) is -1.41. The summed E-state index contributed by atoms with van der Waals surface area (Å²) in [6.07, 6.45) is -2.91. The quantitative estimate of drug-likeness (QED) is 0.550. The fraction of sp³-hybridized carbons (Fsp3) is 0.333. The average molecular weight is 483 g/mol. The molecule has 12 heteroatoms. The lowest BCUT2D eigenvalue weighted by atomic mass is 10.1. The van der Waals surface area contributed by atoms with Crippen LogP contribution in [0.25, 0.3) is 11.3 Å². The number of halogens is 3. The lowest BCUT2D eigenvalue weighted by Gasteiger charge is -2.34. The van der Waals surface area contributed by atoms with Gasteiger partial charge in [0.2, 0.25) is 15.8 Å². The van der Waals surface area contributed by atoms with Crippen molar-refractivity contribution < 1.29 is 35.3 Å². The maximum absolute atomic E-state index is 13.4. The van der Waals surface area contributed by atoms with Crippen LogP contribution in [0.4, 0.5) is 13.2 Å². The molecule has 1 fully saturated rings. The van der Waals surface area contributed by atoms with E-state index >= 15 is 0 Å². The molecule has 0 unspecified atom stereocenters. The summed E-state index contributed by atoms with van der Waals surface area (Å²) in [4.78, 5) is 13.9. The maximum atomic E-state index is 13.4. The Hall–Kier alpha value is -3.12. The second-order valence-electron chi connectivity index (χ2n) is 7.42. The van der Waals surface area contributed by atoms with Gasteiger partial charge < -0.3 is 13.8 Å². The summed E-state index contributed by atoms with van der Waals surface area (Å²) < 4.78 is 76.1. The number of piperazine rings is 1. The molecule has 1 aliphatic heterocycles. The van der Waals surface area contributed by atoms with Crippen LogP contribution in [0.1, 0.15) is 28.8 Å². The number of benzene rings is 1. The van der Waals surface area contributed by atoms with Gasteiger partial charge in [0.1, 0.15) is 5.69 Å². The first-order valence-electron chi connectivity index (χ1n) is 10.1. The number of aryl methyl sites for hydroxylation is 1. The minimum atomic E-state index is -4.70. The van der Waals surface area contributed by atoms with Crippen molar-refractivity contribution in [2.24, 2.45) is 0 Å². The molecule has 1 amide bonds. The van der Waals surface area contributed by atoms with Gasteiger partial charge in [0.15, 0.2) is 5.76 Å². The largest absolute Gasteiger partial charge is 0.459 e. The zero-order valence-electron chi connectivity index (χ0n) is 17.5. The molecule has 0 atom stereocenters. The number of aromatic nitrogens is 1. The highest BCUT2D eigenvalue weighted by Crippen LogP contribution is 2.33. The molecule has 0 aliphatic carbocycles. The van der Waals surface area contributed by atoms with E-state index in [9.17, 15) is 26.4 Å². The van der Waals surface area contributed by atoms with Crippen molar-refractivity contribution in [2.75, 3.05) is 26.2 Å². The molecule has 0 saturated carbocycles. The normalized spacial score (nSPS) is 15.7. The fourth-order valence-corrected chi connectivity index (χ4v) is 5.36. The molecule has 4 rings (SSSR count). The van der Waals surface area contributed by atoms with E-state index in [1.54, 1.807) is 25.1 Å². The molecular formula is C21H20F3N3O5S. The third-order valence-electron chi connectivity index (χ3n) is 5.41. The minimum Gasteiger partial charge on any atom is -0.459 e. The molecule has 0 spiro atoms. The van der Waals surface area contributed by atoms with Crippen LogP contribution >= 0.6 is 0 Å². The number of hydrogen-bond donors (Lipinski definition) is 0. The van der Waals surface area contributed by atoms with Gasteiger partial charge in [-0.05, 0) is 30.2 Å². The SMILES string of the molecule is CCc1ccc(-c2cc(C(F)(F)F)on2)cc1S(=O)(=O)N1CCN(C(=O)c2ccco2)CC1. The van der Waals surface area contributed by atoms with Crippen LogP contribution in [0.3, 0.4) is 0 Å². The van der Waals surface area contributed by atoms with E-state index in [1.165, 1.54) is 27.6 Å². The monoisotopic (exact) mass is 483 g/mol. The van der Waals surface area contributed by atoms with E-state index in [4.69, 9.17) is 4.42 Å². The smallest absolute Gasteiger partial charge is 0.452 e. The van der Waals surface area contributed by atoms with Crippen molar-refractivity contribution in [3.63, 3.8) is 0 Å². The molecule has 3 aromatic rings. The Morgan fingerprint density at radius 1 is 1.12 bits per heavy atom. The third kappa shape index (κ3) is 4.53. The number of alkyl halides is 3. The predicted octanol–water partition coefficient (Wildman–Crippen LogP) is 3.66. The highest BCUT2D eigenvalue weighted by atomic mass is 32.2. The molecule has 33 heavy (non-hydrogen) atoms. The lowest BCUT2D eigenvalue weighted by molar-refractivity contribution is -0.155. The summed E-state index contributed by atoms with van der Waals surface area (Å²) in [6, 6.07) is 8.25. The van der Waals surface area contributed by atoms with Gasteiger partial charge >= 0.3 is 6.18 Å². The van der Waals surface area contributed by atoms with Gasteiger partial charge in [-0.2, -0.15) is 17.5 Å². The van der Waals surface area contributed by atoms with Crippen LogP contribution < -0.4 is 0 Å². The third-order valence-corrected chi connectivity index (χ3v) is 7.39. The summed E-state index contributed by atoms with van der Waals surface area (Å²) in [6.45, 7) is 2.29. The molecule has 3 heterocycles. The van der Waals surface area contributed by atoms with E-state index in [1.807, 2.05) is 0 Å². The van der Waals surface area contributed by atoms with E-state index in [0.717, 1.165) is 6.07 Å². The summed E-state index contributed by atoms with van der Waals surface area (Å²) >= 11 is 0. The molecule has 8 nitrogen and oxygen atoms in total. The molecule has 1 saturated heterocycles. The first-order valence-corrected chi connectivity index (χ1v) is 11.6. The number of amides is 1. The molecule has 1 aliphatic rings. The van der Waals surface area contributed by atoms with Crippen molar-refractivity contribution in [1.29, 1.82) is 0 Å². The Balaban J connectivity index is 1.58. The lowest BCUT2D eigenvalue weighted by Crippen LogP contribution is -2.50. The van der Waals surface area contributed by atoms with Crippen LogP contribution in [-0.4, -0.2) is 54.9 Å². The maximum Gasteiger partial charge on any atom is 0.452 e. The van der Waals surface area contributed by atoms with Gasteiger partial charge in [0, 0.05) is 37.8 Å². The Kier molecular flexibility index (Phi) is 6.06. The van der Waals surface area contributed by atoms with Crippen LogP contribution in [0.5, 0.6) is 0 Å². The van der Waals surface area contributed by atoms with Crippen molar-refractivity contribution in [2.45, 2.75) is 24.4 Å². The van der Waals surface area contributed by atoms with Gasteiger partial charge in [-0.3, -0.25) is 4.79 Å². The van der Waals surface area contributed by atoms with Crippen molar-refractivity contribution >= 4 is 15.9 Å². The van der Waals surface area contributed by atoms with Gasteiger partial charge in [0.05, 0.1) is 11.2 Å². The van der Waals surface area contributed by atoms with Gasteiger partial charge in [-0.15, -0.1) is 0 Å². The summed E-state index contributed by atoms with van der Waals surface area (Å²) in [5.41, 5.74) is 0.597. The standard InChI is InChI=1S/C21H20F3N3O5S/c1-2-14-5-6-15(16-13-19(32-25-16)21(22,23)24)12-18(14)33(29,30)27-9-7-26(8-10-27)20(28)17-4-3-11-31-17/h3-6,11-13H,2,7-10H2,1H3. The zero-order valence-corrected chi connectivity index (χ0v) is 18.3. The van der Waals surface area contributed by atoms with Gasteiger partial charge in [0.25, 0.3) is 5.91 Å². The Bertz CT molecular complexity index is 1240. The Morgan fingerprint density at radius 2 is 1.85 bits per heavy atom. The van der Waals surface area contributed by atoms with Crippen LogP contribution in [-0.2, 0) is 22.6 Å². The number of hydrogen-bond acceptors (Lipinski definition) is 6. The van der Waals surface area contributed by atoms with Crippen molar-refractivity contribution in [3.05, 3.63) is 59.7 Å². The average Bonchev–Trinajstić information content (AvgIpc) is 3.50. The highest BCUT2D eigenvalue weighted by Gasteiger charge is 2.37. The number of rotatable bonds is 5. The zero-order chi connectivity index (χ0) is 23.8. The highest BCUT2D eigenvalue weighted by molar-refractivity contribution is 7.89. The Morgan fingerprint density at radius 3 is 2.42 bits per heavy atom. The van der Waals surface area contributed by atoms with Crippen molar-refractivity contribution in [3.8, 4) is 11.3 Å². The van der Waals surface area contributed by atoms with Crippen LogP contribution in [0, 0.1) is 0 Å². The molecule has 176 valence electrons. The van der Waals surface area contributed by atoms with Crippen LogP contribution in [0.15, 0.2) is 56.5 Å². The topological polar surface area (TPSA) is 96.9 Å². The first kappa shape index (κ1) is 23.1. The molecule has 0 N–H and O–H groups in total. The van der Waals surface area contributed by atoms with Gasteiger partial charge in [-0.25, -0.2) is 8.42 Å². The van der Waals surface area contributed by atoms with Gasteiger partial charge in [-0.1, -0.05) is 24.2 Å². The molecule has 1 aromatic carbocycles. The summed E-state index contributed by atoms with van der Waals surface area (Å²) in [7, 11) is -3.97. The number of carbonyl (C=O) groups excluding carboxylic acids is 1. The fourth-order valence-electron chi connectivity index (χ4n) is 3.62. The second kappa shape index (κ2) is 8.67. The van der Waals surface area contributed by atoms with E-state index in [2.05, 4.69) is 9.68 Å². The molecular weight excluding hydrogens is 463 g/mol. The molecule has 0 bridgehead atoms. The minimum absolute atomic E-state index is 0.00938. The van der Waals surface area contributed by atoms with E-state index < -0.39 is 22.0 Å². The second-order valence-corrected chi connectivity index (χ2v) is 9.33. The predicted molar refractivity (Wildman–Crippen MR) is 110 cm³/mol. The molecule has 0 radical (unpaired) electrons. The Labute approximate surface area is 187 Å². The number of sulfonamides is 1. The first-order chi connectivity index (χ1) is 15.6. The number of carbonyl (C=O) groups is 1. The number of furan rings is 1. The van der Waals surface area contributed by atoms with E-state index in [-0.39, 0.29) is 54.0 Å². The summed E-state index contributed by atoms with van der Waals surface area (Å²) in [5, 5.41) is 3.44. The molecule has 2 aromatic heterocycles. The van der Waals surface area contributed by atoms with E-state index in [0.29, 0.717) is 12.0 Å². The number of nitrogens with zero attached hydrogens (tertiary/aromatic N) is 3. The van der Waals surface area contributed by atoms with Crippen molar-refractivity contribution in [1.82, 2.24) is 14.4 Å².